The number of benzene rings is 1. The zero-order chi connectivity index (χ0) is 15.3. The molecule has 0 amide bonds. The normalized spacial score (nSPS) is 11.7. The van der Waals surface area contributed by atoms with Crippen molar-refractivity contribution < 1.29 is 8.42 Å². The van der Waals surface area contributed by atoms with E-state index < -0.39 is 10.0 Å². The van der Waals surface area contributed by atoms with Gasteiger partial charge in [0.2, 0.25) is 10.0 Å². The molecule has 3 N–H and O–H groups in total. The summed E-state index contributed by atoms with van der Waals surface area (Å²) in [5.41, 5.74) is 1.56. The Morgan fingerprint density at radius 2 is 2.14 bits per heavy atom. The number of H-pyrrole nitrogens is 1. The molecule has 0 fully saturated rings. The number of imidazole rings is 1. The van der Waals surface area contributed by atoms with Crippen LogP contribution in [0.4, 0.5) is 0 Å². The van der Waals surface area contributed by atoms with Gasteiger partial charge in [-0.3, -0.25) is 0 Å². The van der Waals surface area contributed by atoms with E-state index in [0.717, 1.165) is 12.1 Å². The number of nitrogens with zero attached hydrogens (tertiary/aromatic N) is 1. The number of hydrogen-bond donors (Lipinski definition) is 3. The van der Waals surface area contributed by atoms with Gasteiger partial charge in [0, 0.05) is 23.5 Å². The Kier molecular flexibility index (Phi) is 5.35. The average molecular weight is 329 g/mol. The minimum atomic E-state index is -3.60. The lowest BCUT2D eigenvalue weighted by Crippen LogP contribution is -2.23. The van der Waals surface area contributed by atoms with Gasteiger partial charge in [0.15, 0.2) is 0 Å². The molecule has 6 nitrogen and oxygen atoms in total. The number of aromatic nitrogens is 2. The average Bonchev–Trinajstić information content (AvgIpc) is 2.97. The van der Waals surface area contributed by atoms with Crippen molar-refractivity contribution in [2.75, 3.05) is 6.54 Å². The molecule has 0 spiro atoms. The lowest BCUT2D eigenvalue weighted by molar-refractivity contribution is 0.580. The van der Waals surface area contributed by atoms with Crippen molar-refractivity contribution in [1.82, 2.24) is 20.0 Å². The summed E-state index contributed by atoms with van der Waals surface area (Å²) in [7, 11) is -3.60. The first-order valence-electron chi connectivity index (χ1n) is 6.49. The van der Waals surface area contributed by atoms with Crippen LogP contribution >= 0.6 is 11.6 Å². The van der Waals surface area contributed by atoms with Crippen LogP contribution in [0.3, 0.4) is 0 Å². The Hall–Kier alpha value is -1.41. The number of hydrogen-bond acceptors (Lipinski definition) is 4. The second-order valence-corrected chi connectivity index (χ2v) is 6.61. The van der Waals surface area contributed by atoms with E-state index in [4.69, 9.17) is 11.6 Å². The Bertz CT molecular complexity index is 686. The fraction of sp³-hybridized carbons (Fsp3) is 0.308. The van der Waals surface area contributed by atoms with E-state index in [-0.39, 0.29) is 11.4 Å². The van der Waals surface area contributed by atoms with Gasteiger partial charge in [0.05, 0.1) is 17.8 Å². The summed E-state index contributed by atoms with van der Waals surface area (Å²) >= 11 is 6.12. The highest BCUT2D eigenvalue weighted by atomic mass is 35.5. The topological polar surface area (TPSA) is 86.9 Å². The van der Waals surface area contributed by atoms with Crippen LogP contribution in [0.5, 0.6) is 0 Å². The standard InChI is InChI=1S/C13H17ClN4O2S/c1-2-15-6-10-3-4-12(5-13(10)14)21(19,20)18-8-11-7-16-9-17-11/h3-5,7,9,15,18H,2,6,8H2,1H3,(H,16,17). The summed E-state index contributed by atoms with van der Waals surface area (Å²) in [6, 6.07) is 4.73. The number of sulfonamides is 1. The van der Waals surface area contributed by atoms with E-state index in [2.05, 4.69) is 20.0 Å². The van der Waals surface area contributed by atoms with Crippen molar-refractivity contribution in [3.05, 3.63) is 47.0 Å². The van der Waals surface area contributed by atoms with Gasteiger partial charge in [-0.05, 0) is 24.2 Å². The number of halogens is 1. The van der Waals surface area contributed by atoms with Crippen LogP contribution in [0.15, 0.2) is 35.6 Å². The summed E-state index contributed by atoms with van der Waals surface area (Å²) in [5.74, 6) is 0. The van der Waals surface area contributed by atoms with Crippen molar-refractivity contribution in [3.8, 4) is 0 Å². The lowest BCUT2D eigenvalue weighted by Gasteiger charge is -2.09. The number of rotatable bonds is 7. The van der Waals surface area contributed by atoms with Crippen molar-refractivity contribution >= 4 is 21.6 Å². The monoisotopic (exact) mass is 328 g/mol. The quantitative estimate of drug-likeness (QED) is 0.721. The molecule has 0 aliphatic heterocycles. The third-order valence-corrected chi connectivity index (χ3v) is 4.66. The molecule has 0 aliphatic rings. The molecule has 114 valence electrons. The Morgan fingerprint density at radius 3 is 2.76 bits per heavy atom. The Morgan fingerprint density at radius 1 is 1.33 bits per heavy atom. The fourth-order valence-electron chi connectivity index (χ4n) is 1.74. The van der Waals surface area contributed by atoms with Crippen LogP contribution in [-0.4, -0.2) is 24.9 Å². The largest absolute Gasteiger partial charge is 0.347 e. The van der Waals surface area contributed by atoms with E-state index in [9.17, 15) is 8.42 Å². The molecule has 2 aromatic rings. The zero-order valence-corrected chi connectivity index (χ0v) is 13.1. The summed E-state index contributed by atoms with van der Waals surface area (Å²) < 4.78 is 26.9. The molecule has 0 saturated carbocycles. The molecule has 0 saturated heterocycles. The van der Waals surface area contributed by atoms with Gasteiger partial charge in [-0.2, -0.15) is 0 Å². The highest BCUT2D eigenvalue weighted by Gasteiger charge is 2.15. The van der Waals surface area contributed by atoms with Crippen LogP contribution in [0.2, 0.25) is 5.02 Å². The van der Waals surface area contributed by atoms with Gasteiger partial charge in [-0.25, -0.2) is 18.1 Å². The van der Waals surface area contributed by atoms with E-state index in [0.29, 0.717) is 17.3 Å². The molecule has 0 aliphatic carbocycles. The molecular formula is C13H17ClN4O2S. The third-order valence-electron chi connectivity index (χ3n) is 2.91. The predicted octanol–water partition coefficient (Wildman–Crippen LogP) is 1.65. The maximum absolute atomic E-state index is 12.2. The fourth-order valence-corrected chi connectivity index (χ4v) is 3.08. The summed E-state index contributed by atoms with van der Waals surface area (Å²) in [4.78, 5) is 6.81. The molecule has 1 aromatic heterocycles. The highest BCUT2D eigenvalue weighted by Crippen LogP contribution is 2.21. The smallest absolute Gasteiger partial charge is 0.240 e. The summed E-state index contributed by atoms with van der Waals surface area (Å²) in [5, 5.41) is 3.58. The van der Waals surface area contributed by atoms with Crippen molar-refractivity contribution in [2.24, 2.45) is 0 Å². The van der Waals surface area contributed by atoms with Gasteiger partial charge >= 0.3 is 0 Å². The SMILES string of the molecule is CCNCc1ccc(S(=O)(=O)NCc2cnc[nH]2)cc1Cl. The van der Waals surface area contributed by atoms with Crippen LogP contribution in [0.1, 0.15) is 18.2 Å². The first-order chi connectivity index (χ1) is 10.0. The molecule has 8 heteroatoms. The van der Waals surface area contributed by atoms with E-state index in [1.807, 2.05) is 6.92 Å². The van der Waals surface area contributed by atoms with Gasteiger partial charge in [0.25, 0.3) is 0 Å². The summed E-state index contributed by atoms with van der Waals surface area (Å²) in [6.45, 7) is 3.57. The van der Waals surface area contributed by atoms with Crippen molar-refractivity contribution in [3.63, 3.8) is 0 Å². The number of aromatic amines is 1. The molecule has 2 rings (SSSR count). The van der Waals surface area contributed by atoms with Crippen molar-refractivity contribution in [1.29, 1.82) is 0 Å². The second kappa shape index (κ2) is 7.04. The Balaban J connectivity index is 2.10. The van der Waals surface area contributed by atoms with Gasteiger partial charge in [0.1, 0.15) is 0 Å². The van der Waals surface area contributed by atoms with Crippen LogP contribution in [0, 0.1) is 0 Å². The minimum absolute atomic E-state index is 0.146. The molecule has 1 heterocycles. The van der Waals surface area contributed by atoms with Gasteiger partial charge in [-0.15, -0.1) is 0 Å². The van der Waals surface area contributed by atoms with Crippen LogP contribution < -0.4 is 10.0 Å². The second-order valence-electron chi connectivity index (χ2n) is 4.43. The first-order valence-corrected chi connectivity index (χ1v) is 8.35. The van der Waals surface area contributed by atoms with Gasteiger partial charge in [-0.1, -0.05) is 24.6 Å². The minimum Gasteiger partial charge on any atom is -0.347 e. The molecule has 21 heavy (non-hydrogen) atoms. The highest BCUT2D eigenvalue weighted by molar-refractivity contribution is 7.89. The molecular weight excluding hydrogens is 312 g/mol. The molecule has 1 aromatic carbocycles. The number of nitrogens with one attached hydrogen (secondary N) is 3. The first kappa shape index (κ1) is 16.0. The maximum atomic E-state index is 12.2. The zero-order valence-electron chi connectivity index (χ0n) is 11.6. The molecule has 0 bridgehead atoms. The van der Waals surface area contributed by atoms with Gasteiger partial charge < -0.3 is 10.3 Å². The summed E-state index contributed by atoms with van der Waals surface area (Å²) in [6.07, 6.45) is 3.06. The van der Waals surface area contributed by atoms with E-state index in [1.165, 1.54) is 12.4 Å². The molecule has 0 radical (unpaired) electrons. The van der Waals surface area contributed by atoms with E-state index >= 15 is 0 Å². The van der Waals surface area contributed by atoms with Crippen molar-refractivity contribution in [2.45, 2.75) is 24.9 Å². The third kappa shape index (κ3) is 4.28. The predicted molar refractivity (Wildman–Crippen MR) is 81.4 cm³/mol. The molecule has 0 unspecified atom stereocenters. The lowest BCUT2D eigenvalue weighted by atomic mass is 10.2. The molecule has 0 atom stereocenters. The van der Waals surface area contributed by atoms with Crippen LogP contribution in [-0.2, 0) is 23.1 Å². The Labute approximate surface area is 129 Å². The van der Waals surface area contributed by atoms with E-state index in [1.54, 1.807) is 18.3 Å². The van der Waals surface area contributed by atoms with Crippen LogP contribution in [0.25, 0.3) is 0 Å². The maximum Gasteiger partial charge on any atom is 0.240 e.